The van der Waals surface area contributed by atoms with Crippen LogP contribution in [-0.4, -0.2) is 26.8 Å². The van der Waals surface area contributed by atoms with Crippen LogP contribution < -0.4 is 11.1 Å². The van der Waals surface area contributed by atoms with Gasteiger partial charge in [-0.15, -0.1) is 0 Å². The Hall–Kier alpha value is -1.07. The highest BCUT2D eigenvalue weighted by molar-refractivity contribution is 7.91. The van der Waals surface area contributed by atoms with Crippen molar-refractivity contribution in [3.05, 3.63) is 24.3 Å². The monoisotopic (exact) mass is 310 g/mol. The van der Waals surface area contributed by atoms with Gasteiger partial charge in [0, 0.05) is 6.04 Å². The van der Waals surface area contributed by atoms with Crippen molar-refractivity contribution in [1.82, 2.24) is 0 Å². The summed E-state index contributed by atoms with van der Waals surface area (Å²) in [5.74, 6) is 0.622. The van der Waals surface area contributed by atoms with E-state index >= 15 is 0 Å². The van der Waals surface area contributed by atoms with Gasteiger partial charge in [0.15, 0.2) is 9.84 Å². The molecule has 2 rings (SSSR count). The largest absolute Gasteiger partial charge is 0.381 e. The molecular weight excluding hydrogens is 284 g/mol. The molecule has 0 radical (unpaired) electrons. The van der Waals surface area contributed by atoms with E-state index in [1.54, 1.807) is 12.1 Å². The zero-order valence-corrected chi connectivity index (χ0v) is 13.5. The lowest BCUT2D eigenvalue weighted by Crippen LogP contribution is -2.37. The molecular formula is C16H26N2O2S. The summed E-state index contributed by atoms with van der Waals surface area (Å²) in [5, 5.41) is 3.46. The summed E-state index contributed by atoms with van der Waals surface area (Å²) in [6, 6.07) is 7.52. The SMILES string of the molecule is CCCS(=O)(=O)c1ccccc1NC1CCCCC1CN. The highest BCUT2D eigenvalue weighted by Crippen LogP contribution is 2.29. The van der Waals surface area contributed by atoms with Crippen LogP contribution in [0.4, 0.5) is 5.69 Å². The van der Waals surface area contributed by atoms with Gasteiger partial charge >= 0.3 is 0 Å². The lowest BCUT2D eigenvalue weighted by atomic mass is 9.84. The number of rotatable bonds is 6. The molecule has 118 valence electrons. The van der Waals surface area contributed by atoms with E-state index in [9.17, 15) is 8.42 Å². The molecule has 0 amide bonds. The third kappa shape index (κ3) is 3.98. The van der Waals surface area contributed by atoms with Gasteiger partial charge in [0.1, 0.15) is 0 Å². The molecule has 2 unspecified atom stereocenters. The van der Waals surface area contributed by atoms with E-state index in [1.165, 1.54) is 12.8 Å². The summed E-state index contributed by atoms with van der Waals surface area (Å²) >= 11 is 0. The normalized spacial score (nSPS) is 23.0. The smallest absolute Gasteiger partial charge is 0.180 e. The third-order valence-corrected chi connectivity index (χ3v) is 6.22. The second-order valence-electron chi connectivity index (χ2n) is 5.85. The molecule has 1 fully saturated rings. The van der Waals surface area contributed by atoms with Crippen molar-refractivity contribution < 1.29 is 8.42 Å². The summed E-state index contributed by atoms with van der Waals surface area (Å²) in [6.45, 7) is 2.54. The number of nitrogens with two attached hydrogens (primary N) is 1. The van der Waals surface area contributed by atoms with Crippen LogP contribution in [0.5, 0.6) is 0 Å². The van der Waals surface area contributed by atoms with Crippen LogP contribution in [0, 0.1) is 5.92 Å². The standard InChI is InChI=1S/C16H26N2O2S/c1-2-11-21(19,20)16-10-6-5-9-15(16)18-14-8-4-3-7-13(14)12-17/h5-6,9-10,13-14,18H,2-4,7-8,11-12,17H2,1H3. The Kier molecular flexibility index (Phi) is 5.65. The minimum atomic E-state index is -3.21. The predicted octanol–water partition coefficient (Wildman–Crippen LogP) is 2.80. The molecule has 0 bridgehead atoms. The maximum absolute atomic E-state index is 12.4. The Morgan fingerprint density at radius 1 is 1.24 bits per heavy atom. The van der Waals surface area contributed by atoms with E-state index in [0.717, 1.165) is 18.5 Å². The number of anilines is 1. The molecule has 1 aliphatic carbocycles. The van der Waals surface area contributed by atoms with Crippen molar-refractivity contribution in [3.63, 3.8) is 0 Å². The number of nitrogens with one attached hydrogen (secondary N) is 1. The predicted molar refractivity (Wildman–Crippen MR) is 87.2 cm³/mol. The molecule has 3 N–H and O–H groups in total. The second kappa shape index (κ2) is 7.27. The molecule has 1 aromatic carbocycles. The van der Waals surface area contributed by atoms with Crippen LogP contribution in [-0.2, 0) is 9.84 Å². The highest BCUT2D eigenvalue weighted by atomic mass is 32.2. The number of para-hydroxylation sites is 1. The molecule has 1 aromatic rings. The van der Waals surface area contributed by atoms with Crippen molar-refractivity contribution in [2.75, 3.05) is 17.6 Å². The van der Waals surface area contributed by atoms with Gasteiger partial charge in [-0.2, -0.15) is 0 Å². The van der Waals surface area contributed by atoms with Crippen LogP contribution in [0.3, 0.4) is 0 Å². The van der Waals surface area contributed by atoms with Gasteiger partial charge in [-0.05, 0) is 43.9 Å². The average Bonchev–Trinajstić information content (AvgIpc) is 2.48. The fourth-order valence-electron chi connectivity index (χ4n) is 3.12. The van der Waals surface area contributed by atoms with Gasteiger partial charge in [0.2, 0.25) is 0 Å². The molecule has 0 heterocycles. The molecule has 21 heavy (non-hydrogen) atoms. The zero-order valence-electron chi connectivity index (χ0n) is 12.7. The molecule has 0 spiro atoms. The fraction of sp³-hybridized carbons (Fsp3) is 0.625. The summed E-state index contributed by atoms with van der Waals surface area (Å²) in [6.07, 6.45) is 5.21. The maximum atomic E-state index is 12.4. The van der Waals surface area contributed by atoms with Gasteiger partial charge in [-0.3, -0.25) is 0 Å². The Labute approximate surface area is 128 Å². The van der Waals surface area contributed by atoms with Gasteiger partial charge in [-0.25, -0.2) is 8.42 Å². The maximum Gasteiger partial charge on any atom is 0.180 e. The van der Waals surface area contributed by atoms with Gasteiger partial charge < -0.3 is 11.1 Å². The molecule has 0 aromatic heterocycles. The van der Waals surface area contributed by atoms with Crippen molar-refractivity contribution in [3.8, 4) is 0 Å². The fourth-order valence-corrected chi connectivity index (χ4v) is 4.62. The summed E-state index contributed by atoms with van der Waals surface area (Å²) in [5.41, 5.74) is 6.59. The van der Waals surface area contributed by atoms with Crippen LogP contribution in [0.15, 0.2) is 29.2 Å². The van der Waals surface area contributed by atoms with E-state index in [0.29, 0.717) is 23.8 Å². The number of sulfone groups is 1. The van der Waals surface area contributed by atoms with Crippen LogP contribution in [0.25, 0.3) is 0 Å². The highest BCUT2D eigenvalue weighted by Gasteiger charge is 2.26. The van der Waals surface area contributed by atoms with Crippen LogP contribution >= 0.6 is 0 Å². The van der Waals surface area contributed by atoms with E-state index in [-0.39, 0.29) is 11.8 Å². The second-order valence-corrected chi connectivity index (χ2v) is 7.92. The summed E-state index contributed by atoms with van der Waals surface area (Å²) in [7, 11) is -3.21. The summed E-state index contributed by atoms with van der Waals surface area (Å²) in [4.78, 5) is 0.424. The number of hydrogen-bond acceptors (Lipinski definition) is 4. The van der Waals surface area contributed by atoms with Gasteiger partial charge in [-0.1, -0.05) is 31.9 Å². The van der Waals surface area contributed by atoms with Crippen LogP contribution in [0.1, 0.15) is 39.0 Å². The van der Waals surface area contributed by atoms with Crippen LogP contribution in [0.2, 0.25) is 0 Å². The van der Waals surface area contributed by atoms with E-state index in [1.807, 2.05) is 19.1 Å². The first-order valence-electron chi connectivity index (χ1n) is 7.87. The summed E-state index contributed by atoms with van der Waals surface area (Å²) < 4.78 is 24.8. The molecule has 0 saturated heterocycles. The van der Waals surface area contributed by atoms with Gasteiger partial charge in [0.25, 0.3) is 0 Å². The quantitative estimate of drug-likeness (QED) is 0.847. The Bertz CT molecular complexity index is 557. The Balaban J connectivity index is 2.24. The Morgan fingerprint density at radius 2 is 1.95 bits per heavy atom. The number of hydrogen-bond donors (Lipinski definition) is 2. The van der Waals surface area contributed by atoms with Crippen molar-refractivity contribution >= 4 is 15.5 Å². The molecule has 1 aliphatic rings. The third-order valence-electron chi connectivity index (χ3n) is 4.25. The molecule has 2 atom stereocenters. The lowest BCUT2D eigenvalue weighted by Gasteiger charge is -2.32. The van der Waals surface area contributed by atoms with Crippen molar-refractivity contribution in [2.24, 2.45) is 11.7 Å². The van der Waals surface area contributed by atoms with Gasteiger partial charge in [0.05, 0.1) is 16.3 Å². The first-order chi connectivity index (χ1) is 10.1. The van der Waals surface area contributed by atoms with E-state index < -0.39 is 9.84 Å². The zero-order chi connectivity index (χ0) is 15.3. The Morgan fingerprint density at radius 3 is 2.67 bits per heavy atom. The molecule has 4 nitrogen and oxygen atoms in total. The minimum absolute atomic E-state index is 0.191. The molecule has 1 saturated carbocycles. The molecule has 0 aliphatic heterocycles. The van der Waals surface area contributed by atoms with Crippen molar-refractivity contribution in [2.45, 2.75) is 50.0 Å². The van der Waals surface area contributed by atoms with E-state index in [4.69, 9.17) is 5.73 Å². The average molecular weight is 310 g/mol. The first kappa shape index (κ1) is 16.3. The van der Waals surface area contributed by atoms with E-state index in [2.05, 4.69) is 5.32 Å². The first-order valence-corrected chi connectivity index (χ1v) is 9.52. The minimum Gasteiger partial charge on any atom is -0.381 e. The van der Waals surface area contributed by atoms with Crippen molar-refractivity contribution in [1.29, 1.82) is 0 Å². The number of benzene rings is 1. The molecule has 5 heteroatoms. The lowest BCUT2D eigenvalue weighted by molar-refractivity contribution is 0.332. The topological polar surface area (TPSA) is 72.2 Å².